The molecule has 0 saturated heterocycles. The second-order valence-electron chi connectivity index (χ2n) is 8.04. The molecule has 0 fully saturated rings. The molecule has 7 heteroatoms. The number of amides is 1. The van der Waals surface area contributed by atoms with E-state index in [9.17, 15) is 9.59 Å². The number of benzene rings is 3. The summed E-state index contributed by atoms with van der Waals surface area (Å²) in [4.78, 5) is 24.9. The molecule has 4 rings (SSSR count). The Morgan fingerprint density at radius 1 is 0.917 bits per heavy atom. The van der Waals surface area contributed by atoms with Crippen molar-refractivity contribution in [1.29, 1.82) is 0 Å². The molecule has 4 aromatic rings. The Kier molecular flexibility index (Phi) is 7.92. The average molecular weight is 542 g/mol. The van der Waals surface area contributed by atoms with Gasteiger partial charge in [0.25, 0.3) is 5.91 Å². The van der Waals surface area contributed by atoms with Crippen molar-refractivity contribution in [2.24, 2.45) is 5.10 Å². The predicted octanol–water partition coefficient (Wildman–Crippen LogP) is 6.24. The zero-order valence-corrected chi connectivity index (χ0v) is 21.4. The van der Waals surface area contributed by atoms with Gasteiger partial charge in [-0.2, -0.15) is 5.10 Å². The molecule has 1 N–H and O–H groups in total. The number of aryl methyl sites for hydroxylation is 2. The third-order valence-corrected chi connectivity index (χ3v) is 5.92. The molecule has 1 heterocycles. The number of nitrogens with zero attached hydrogens (tertiary/aromatic N) is 2. The van der Waals surface area contributed by atoms with Crippen molar-refractivity contribution >= 4 is 40.1 Å². The smallest absolute Gasteiger partial charge is 0.336 e. The van der Waals surface area contributed by atoms with Gasteiger partial charge in [-0.05, 0) is 80.1 Å². The van der Waals surface area contributed by atoms with Crippen LogP contribution in [0.3, 0.4) is 0 Å². The lowest BCUT2D eigenvalue weighted by atomic mass is 10.2. The van der Waals surface area contributed by atoms with Gasteiger partial charge < -0.3 is 9.30 Å². The Hall–Kier alpha value is -4.23. The van der Waals surface area contributed by atoms with Crippen LogP contribution < -0.4 is 10.2 Å². The molecule has 0 bridgehead atoms. The summed E-state index contributed by atoms with van der Waals surface area (Å²) >= 11 is 3.41. The summed E-state index contributed by atoms with van der Waals surface area (Å²) in [5.41, 5.74) is 7.64. The highest BCUT2D eigenvalue weighted by Gasteiger charge is 2.09. The summed E-state index contributed by atoms with van der Waals surface area (Å²) in [7, 11) is 0. The summed E-state index contributed by atoms with van der Waals surface area (Å²) in [6.07, 6.45) is 4.48. The Morgan fingerprint density at radius 2 is 1.61 bits per heavy atom. The van der Waals surface area contributed by atoms with Gasteiger partial charge in [-0.15, -0.1) is 0 Å². The van der Waals surface area contributed by atoms with Gasteiger partial charge in [0, 0.05) is 38.8 Å². The van der Waals surface area contributed by atoms with E-state index in [-0.39, 0.29) is 5.91 Å². The number of hydrogen-bond donors (Lipinski definition) is 1. The standard InChI is InChI=1S/C29H24BrN3O3/c1-20-8-9-21(2)33(20)26-14-11-23(12-15-26)29(35)32-31-19-24-18-25(30)13-16-27(24)36-28(34)17-10-22-6-4-3-5-7-22/h3-19H,1-2H3,(H,32,35). The van der Waals surface area contributed by atoms with E-state index in [4.69, 9.17) is 4.74 Å². The fourth-order valence-corrected chi connectivity index (χ4v) is 4.03. The van der Waals surface area contributed by atoms with Gasteiger partial charge in [-0.25, -0.2) is 10.2 Å². The lowest BCUT2D eigenvalue weighted by molar-refractivity contribution is -0.128. The fraction of sp³-hybridized carbons (Fsp3) is 0.0690. The highest BCUT2D eigenvalue weighted by atomic mass is 79.9. The molecule has 0 saturated carbocycles. The van der Waals surface area contributed by atoms with Crippen LogP contribution in [-0.4, -0.2) is 22.7 Å². The number of nitrogens with one attached hydrogen (secondary N) is 1. The van der Waals surface area contributed by atoms with Gasteiger partial charge in [-0.3, -0.25) is 4.79 Å². The monoisotopic (exact) mass is 541 g/mol. The fourth-order valence-electron chi connectivity index (χ4n) is 3.65. The SMILES string of the molecule is Cc1ccc(C)n1-c1ccc(C(=O)NN=Cc2cc(Br)ccc2OC(=O)C=Cc2ccccc2)cc1. The first-order chi connectivity index (χ1) is 17.4. The molecule has 1 aromatic heterocycles. The number of halogens is 1. The van der Waals surface area contributed by atoms with Gasteiger partial charge in [-0.1, -0.05) is 46.3 Å². The molecule has 0 aliphatic carbocycles. The van der Waals surface area contributed by atoms with E-state index in [1.165, 1.54) is 12.3 Å². The van der Waals surface area contributed by atoms with E-state index >= 15 is 0 Å². The van der Waals surface area contributed by atoms with Crippen LogP contribution in [0.25, 0.3) is 11.8 Å². The minimum absolute atomic E-state index is 0.320. The van der Waals surface area contributed by atoms with Crippen molar-refractivity contribution in [3.63, 3.8) is 0 Å². The first-order valence-electron chi connectivity index (χ1n) is 11.2. The van der Waals surface area contributed by atoms with Crippen LogP contribution in [0.15, 0.2) is 101 Å². The number of ether oxygens (including phenoxy) is 1. The lowest BCUT2D eigenvalue weighted by Gasteiger charge is -2.10. The molecule has 1 amide bonds. The lowest BCUT2D eigenvalue weighted by Crippen LogP contribution is -2.17. The van der Waals surface area contributed by atoms with Crippen molar-refractivity contribution in [2.45, 2.75) is 13.8 Å². The summed E-state index contributed by atoms with van der Waals surface area (Å²) < 4.78 is 8.37. The van der Waals surface area contributed by atoms with Crippen LogP contribution >= 0.6 is 15.9 Å². The summed E-state index contributed by atoms with van der Waals surface area (Å²) in [6.45, 7) is 4.07. The van der Waals surface area contributed by atoms with E-state index in [1.807, 2.05) is 56.3 Å². The first kappa shape index (κ1) is 24.9. The average Bonchev–Trinajstić information content (AvgIpc) is 3.22. The van der Waals surface area contributed by atoms with E-state index in [1.54, 1.807) is 36.4 Å². The molecule has 0 unspecified atom stereocenters. The molecule has 0 aliphatic heterocycles. The van der Waals surface area contributed by atoms with Gasteiger partial charge in [0.1, 0.15) is 5.75 Å². The Balaban J connectivity index is 1.41. The van der Waals surface area contributed by atoms with Crippen molar-refractivity contribution in [2.75, 3.05) is 0 Å². The topological polar surface area (TPSA) is 72.7 Å². The molecule has 3 aromatic carbocycles. The second kappa shape index (κ2) is 11.5. The molecular weight excluding hydrogens is 518 g/mol. The molecule has 0 spiro atoms. The third-order valence-electron chi connectivity index (χ3n) is 5.42. The van der Waals surface area contributed by atoms with Crippen LogP contribution in [0.5, 0.6) is 5.75 Å². The maximum Gasteiger partial charge on any atom is 0.336 e. The molecule has 0 aliphatic rings. The number of carbonyl (C=O) groups excluding carboxylic acids is 2. The summed E-state index contributed by atoms with van der Waals surface area (Å²) in [5.74, 6) is -0.549. The Morgan fingerprint density at radius 3 is 2.31 bits per heavy atom. The highest BCUT2D eigenvalue weighted by molar-refractivity contribution is 9.10. The van der Waals surface area contributed by atoms with Crippen molar-refractivity contribution in [3.8, 4) is 11.4 Å². The van der Waals surface area contributed by atoms with Crippen LogP contribution in [0, 0.1) is 13.8 Å². The van der Waals surface area contributed by atoms with Crippen molar-refractivity contribution in [1.82, 2.24) is 9.99 Å². The number of hydrogen-bond acceptors (Lipinski definition) is 4. The van der Waals surface area contributed by atoms with Gasteiger partial charge in [0.05, 0.1) is 6.21 Å². The number of esters is 1. The minimum atomic E-state index is -0.520. The van der Waals surface area contributed by atoms with Crippen molar-refractivity contribution < 1.29 is 14.3 Å². The predicted molar refractivity (Wildman–Crippen MR) is 146 cm³/mol. The van der Waals surface area contributed by atoms with E-state index < -0.39 is 5.97 Å². The molecule has 36 heavy (non-hydrogen) atoms. The van der Waals surface area contributed by atoms with E-state index in [0.717, 1.165) is 27.1 Å². The summed E-state index contributed by atoms with van der Waals surface area (Å²) in [5, 5.41) is 4.06. The second-order valence-corrected chi connectivity index (χ2v) is 8.96. The van der Waals surface area contributed by atoms with Crippen LogP contribution in [0.4, 0.5) is 0 Å². The normalized spacial score (nSPS) is 11.2. The molecule has 0 radical (unpaired) electrons. The Labute approximate surface area is 218 Å². The molecular formula is C29H24BrN3O3. The van der Waals surface area contributed by atoms with Gasteiger partial charge in [0.15, 0.2) is 0 Å². The molecule has 180 valence electrons. The molecule has 6 nitrogen and oxygen atoms in total. The number of rotatable bonds is 7. The summed E-state index contributed by atoms with van der Waals surface area (Å²) in [6, 6.07) is 26.0. The highest BCUT2D eigenvalue weighted by Crippen LogP contribution is 2.22. The van der Waals surface area contributed by atoms with Gasteiger partial charge >= 0.3 is 5.97 Å². The third kappa shape index (κ3) is 6.25. The quantitative estimate of drug-likeness (QED) is 0.0989. The van der Waals surface area contributed by atoms with Crippen LogP contribution in [0.1, 0.15) is 32.9 Å². The van der Waals surface area contributed by atoms with E-state index in [0.29, 0.717) is 16.9 Å². The zero-order valence-electron chi connectivity index (χ0n) is 19.8. The number of aromatic nitrogens is 1. The Bertz CT molecular complexity index is 1420. The van der Waals surface area contributed by atoms with Crippen molar-refractivity contribution in [3.05, 3.63) is 124 Å². The van der Waals surface area contributed by atoms with Crippen LogP contribution in [0.2, 0.25) is 0 Å². The van der Waals surface area contributed by atoms with E-state index in [2.05, 4.69) is 43.2 Å². The maximum absolute atomic E-state index is 12.6. The maximum atomic E-state index is 12.6. The van der Waals surface area contributed by atoms with Gasteiger partial charge in [0.2, 0.25) is 0 Å². The zero-order chi connectivity index (χ0) is 25.5. The van der Waals surface area contributed by atoms with Crippen LogP contribution in [-0.2, 0) is 4.79 Å². The molecule has 0 atom stereocenters. The number of hydrazone groups is 1. The number of carbonyl (C=O) groups is 2. The first-order valence-corrected chi connectivity index (χ1v) is 12.0. The minimum Gasteiger partial charge on any atom is -0.423 e. The largest absolute Gasteiger partial charge is 0.423 e.